The Labute approximate surface area is 172 Å². The van der Waals surface area contributed by atoms with Gasteiger partial charge in [0, 0.05) is 31.8 Å². The molecule has 0 saturated carbocycles. The molecule has 166 valence electrons. The lowest BCUT2D eigenvalue weighted by molar-refractivity contribution is -0.117. The Morgan fingerprint density at radius 2 is 1.90 bits per heavy atom. The molecular weight excluding hydrogens is 400 g/mol. The van der Waals surface area contributed by atoms with E-state index in [1.165, 1.54) is 13.8 Å². The van der Waals surface area contributed by atoms with Crippen molar-refractivity contribution in [2.75, 3.05) is 45.5 Å². The summed E-state index contributed by atoms with van der Waals surface area (Å²) in [5.41, 5.74) is -0.479. The molecule has 1 aliphatic rings. The predicted molar refractivity (Wildman–Crippen MR) is 108 cm³/mol. The van der Waals surface area contributed by atoms with Crippen molar-refractivity contribution in [3.05, 3.63) is 11.8 Å². The number of anilines is 1. The third-order valence-corrected chi connectivity index (χ3v) is 8.14. The SMILES string of the molecule is COCCOCC(C)(C)c1cc(NC(=O)C(C)(C)S(=O)(=O)C2CCOCC2)no1. The molecule has 0 spiro atoms. The summed E-state index contributed by atoms with van der Waals surface area (Å²) in [5.74, 6) is 0.0542. The standard InChI is InChI=1S/C19H32N2O7S/c1-18(2,13-27-11-10-25-5)15-12-16(21-28-15)20-17(22)19(3,4)29(23,24)14-6-8-26-9-7-14/h12,14H,6-11,13H2,1-5H3,(H,20,21,22). The molecule has 1 N–H and O–H groups in total. The average molecular weight is 433 g/mol. The highest BCUT2D eigenvalue weighted by atomic mass is 32.2. The molecule has 1 saturated heterocycles. The second kappa shape index (κ2) is 9.55. The lowest BCUT2D eigenvalue weighted by Gasteiger charge is -2.30. The van der Waals surface area contributed by atoms with E-state index < -0.39 is 31.2 Å². The number of amides is 1. The van der Waals surface area contributed by atoms with Crippen LogP contribution in [-0.4, -0.2) is 69.6 Å². The van der Waals surface area contributed by atoms with Gasteiger partial charge in [-0.3, -0.25) is 4.79 Å². The first-order valence-electron chi connectivity index (χ1n) is 9.69. The van der Waals surface area contributed by atoms with Crippen molar-refractivity contribution >= 4 is 21.6 Å². The fourth-order valence-electron chi connectivity index (χ4n) is 2.99. The van der Waals surface area contributed by atoms with Gasteiger partial charge in [-0.25, -0.2) is 8.42 Å². The molecule has 1 aromatic rings. The van der Waals surface area contributed by atoms with Gasteiger partial charge in [0.15, 0.2) is 15.7 Å². The minimum absolute atomic E-state index is 0.171. The maximum atomic E-state index is 13.0. The number of sulfone groups is 1. The Balaban J connectivity index is 2.05. The zero-order chi connectivity index (χ0) is 21.7. The van der Waals surface area contributed by atoms with E-state index in [-0.39, 0.29) is 5.82 Å². The number of nitrogens with zero attached hydrogens (tertiary/aromatic N) is 1. The van der Waals surface area contributed by atoms with Crippen LogP contribution >= 0.6 is 0 Å². The van der Waals surface area contributed by atoms with Gasteiger partial charge in [-0.1, -0.05) is 19.0 Å². The molecule has 1 fully saturated rings. The van der Waals surface area contributed by atoms with Gasteiger partial charge < -0.3 is 24.1 Å². The fourth-order valence-corrected chi connectivity index (χ4v) is 4.95. The van der Waals surface area contributed by atoms with Crippen molar-refractivity contribution in [3.8, 4) is 0 Å². The molecule has 2 heterocycles. The van der Waals surface area contributed by atoms with Crippen LogP contribution in [0.3, 0.4) is 0 Å². The number of nitrogens with one attached hydrogen (secondary N) is 1. The molecule has 9 nitrogen and oxygen atoms in total. The lowest BCUT2D eigenvalue weighted by Crippen LogP contribution is -2.50. The predicted octanol–water partition coefficient (Wildman–Crippen LogP) is 1.93. The summed E-state index contributed by atoms with van der Waals surface area (Å²) in [6.45, 7) is 8.77. The number of methoxy groups -OCH3 is 1. The molecule has 0 bridgehead atoms. The van der Waals surface area contributed by atoms with Crippen molar-refractivity contribution in [2.45, 2.75) is 55.9 Å². The molecular formula is C19H32N2O7S. The summed E-state index contributed by atoms with van der Waals surface area (Å²) in [6.07, 6.45) is 0.787. The Morgan fingerprint density at radius 3 is 2.52 bits per heavy atom. The largest absolute Gasteiger partial charge is 0.382 e. The number of hydrogen-bond donors (Lipinski definition) is 1. The molecule has 2 rings (SSSR count). The van der Waals surface area contributed by atoms with Crippen LogP contribution in [0.25, 0.3) is 0 Å². The second-order valence-electron chi connectivity index (χ2n) is 8.33. The maximum absolute atomic E-state index is 13.0. The maximum Gasteiger partial charge on any atom is 0.246 e. The summed E-state index contributed by atoms with van der Waals surface area (Å²) in [7, 11) is -2.10. The van der Waals surface area contributed by atoms with Gasteiger partial charge in [0.25, 0.3) is 0 Å². The first kappa shape index (κ1) is 23.8. The summed E-state index contributed by atoms with van der Waals surface area (Å²) >= 11 is 0. The van der Waals surface area contributed by atoms with Crippen LogP contribution in [0, 0.1) is 0 Å². The van der Waals surface area contributed by atoms with Gasteiger partial charge >= 0.3 is 0 Å². The normalized spacial score (nSPS) is 16.7. The first-order valence-corrected chi connectivity index (χ1v) is 11.2. The highest BCUT2D eigenvalue weighted by Crippen LogP contribution is 2.30. The smallest absolute Gasteiger partial charge is 0.246 e. The van der Waals surface area contributed by atoms with Crippen molar-refractivity contribution in [1.82, 2.24) is 5.16 Å². The molecule has 29 heavy (non-hydrogen) atoms. The molecule has 0 radical (unpaired) electrons. The first-order chi connectivity index (χ1) is 13.5. The third-order valence-electron chi connectivity index (χ3n) is 5.18. The van der Waals surface area contributed by atoms with Crippen LogP contribution in [0.1, 0.15) is 46.3 Å². The Hall–Kier alpha value is -1.49. The Bertz CT molecular complexity index is 780. The van der Waals surface area contributed by atoms with E-state index in [2.05, 4.69) is 10.5 Å². The number of rotatable bonds is 10. The van der Waals surface area contributed by atoms with E-state index in [1.807, 2.05) is 13.8 Å². The Morgan fingerprint density at radius 1 is 1.24 bits per heavy atom. The highest BCUT2D eigenvalue weighted by Gasteiger charge is 2.46. The van der Waals surface area contributed by atoms with Crippen LogP contribution in [0.2, 0.25) is 0 Å². The molecule has 1 aliphatic heterocycles. The topological polar surface area (TPSA) is 117 Å². The molecule has 1 amide bonds. The second-order valence-corrected chi connectivity index (χ2v) is 11.1. The van der Waals surface area contributed by atoms with Crippen LogP contribution in [0.5, 0.6) is 0 Å². The van der Waals surface area contributed by atoms with Gasteiger partial charge in [-0.2, -0.15) is 0 Å². The van der Waals surface area contributed by atoms with Gasteiger partial charge in [0.1, 0.15) is 10.5 Å². The van der Waals surface area contributed by atoms with Gasteiger partial charge in [-0.05, 0) is 26.7 Å². The third kappa shape index (κ3) is 5.56. The molecule has 10 heteroatoms. The molecule has 1 aromatic heterocycles. The zero-order valence-electron chi connectivity index (χ0n) is 17.8. The summed E-state index contributed by atoms with van der Waals surface area (Å²) in [4.78, 5) is 12.8. The van der Waals surface area contributed by atoms with E-state index in [9.17, 15) is 13.2 Å². The molecule has 0 atom stereocenters. The number of ether oxygens (including phenoxy) is 3. The quantitative estimate of drug-likeness (QED) is 0.557. The van der Waals surface area contributed by atoms with E-state index >= 15 is 0 Å². The van der Waals surface area contributed by atoms with Crippen molar-refractivity contribution < 1.29 is 31.9 Å². The highest BCUT2D eigenvalue weighted by molar-refractivity contribution is 7.94. The minimum Gasteiger partial charge on any atom is -0.382 e. The summed E-state index contributed by atoms with van der Waals surface area (Å²) < 4.78 is 45.5. The van der Waals surface area contributed by atoms with E-state index in [0.29, 0.717) is 51.6 Å². The van der Waals surface area contributed by atoms with Gasteiger partial charge in [0.2, 0.25) is 5.91 Å². The number of carbonyl (C=O) groups excluding carboxylic acids is 1. The van der Waals surface area contributed by atoms with Crippen molar-refractivity contribution in [1.29, 1.82) is 0 Å². The van der Waals surface area contributed by atoms with Crippen molar-refractivity contribution in [3.63, 3.8) is 0 Å². The fraction of sp³-hybridized carbons (Fsp3) is 0.789. The summed E-state index contributed by atoms with van der Waals surface area (Å²) in [5, 5.41) is 5.86. The zero-order valence-corrected chi connectivity index (χ0v) is 18.6. The van der Waals surface area contributed by atoms with Crippen LogP contribution in [0.4, 0.5) is 5.82 Å². The van der Waals surface area contributed by atoms with E-state index in [0.717, 1.165) is 0 Å². The van der Waals surface area contributed by atoms with Gasteiger partial charge in [0.05, 0.1) is 25.1 Å². The molecule has 0 aromatic carbocycles. The van der Waals surface area contributed by atoms with Crippen LogP contribution in [-0.2, 0) is 34.3 Å². The minimum atomic E-state index is -3.70. The van der Waals surface area contributed by atoms with Crippen LogP contribution in [0.15, 0.2) is 10.6 Å². The monoisotopic (exact) mass is 432 g/mol. The van der Waals surface area contributed by atoms with Crippen LogP contribution < -0.4 is 5.32 Å². The number of aromatic nitrogens is 1. The average Bonchev–Trinajstić information content (AvgIpc) is 3.15. The van der Waals surface area contributed by atoms with Crippen molar-refractivity contribution in [2.24, 2.45) is 0 Å². The van der Waals surface area contributed by atoms with E-state index in [1.54, 1.807) is 13.2 Å². The Kier molecular flexibility index (Phi) is 7.83. The molecule has 0 unspecified atom stereocenters. The lowest BCUT2D eigenvalue weighted by atomic mass is 9.91. The molecule has 0 aliphatic carbocycles. The number of hydrogen-bond acceptors (Lipinski definition) is 8. The van der Waals surface area contributed by atoms with E-state index in [4.69, 9.17) is 18.7 Å². The van der Waals surface area contributed by atoms with Gasteiger partial charge in [-0.15, -0.1) is 0 Å². The summed E-state index contributed by atoms with van der Waals surface area (Å²) in [6, 6.07) is 1.59. The number of carbonyl (C=O) groups is 1.